The summed E-state index contributed by atoms with van der Waals surface area (Å²) in [7, 11) is 0. The lowest BCUT2D eigenvalue weighted by Gasteiger charge is -2.24. The third-order valence-electron chi connectivity index (χ3n) is 5.03. The zero-order chi connectivity index (χ0) is 19.4. The second-order valence-electron chi connectivity index (χ2n) is 7.39. The average molecular weight is 373 g/mol. The van der Waals surface area contributed by atoms with Crippen molar-refractivity contribution in [2.45, 2.75) is 90.3 Å². The van der Waals surface area contributed by atoms with Crippen LogP contribution in [0.15, 0.2) is 0 Å². The van der Waals surface area contributed by atoms with Gasteiger partial charge >= 0.3 is 11.9 Å². The molecule has 0 saturated heterocycles. The summed E-state index contributed by atoms with van der Waals surface area (Å²) in [5.41, 5.74) is 0. The molecule has 2 saturated carbocycles. The molecule has 4 atom stereocenters. The average Bonchev–Trinajstić information content (AvgIpc) is 2.56. The van der Waals surface area contributed by atoms with Gasteiger partial charge in [0.15, 0.2) is 0 Å². The van der Waals surface area contributed by atoms with Crippen molar-refractivity contribution in [2.24, 2.45) is 11.8 Å². The quantitative estimate of drug-likeness (QED) is 0.696. The lowest BCUT2D eigenvalue weighted by molar-refractivity contribution is -0.145. The summed E-state index contributed by atoms with van der Waals surface area (Å²) in [6.07, 6.45) is 8.02. The Balaban J connectivity index is 0.000000260. The highest BCUT2D eigenvalue weighted by Crippen LogP contribution is 2.27. The Morgan fingerprint density at radius 2 is 1.15 bits per heavy atom. The largest absolute Gasteiger partial charge is 0.466 e. The molecule has 0 aliphatic heterocycles. The minimum Gasteiger partial charge on any atom is -0.466 e. The minimum absolute atomic E-state index is 0.124. The molecule has 2 N–H and O–H groups in total. The van der Waals surface area contributed by atoms with Crippen LogP contribution in [0.2, 0.25) is 0 Å². The lowest BCUT2D eigenvalue weighted by Crippen LogP contribution is -2.22. The first-order valence-corrected chi connectivity index (χ1v) is 10.1. The molecule has 2 aliphatic rings. The highest BCUT2D eigenvalue weighted by atomic mass is 16.5. The van der Waals surface area contributed by atoms with Crippen LogP contribution in [-0.2, 0) is 19.1 Å². The number of carbonyl (C=O) groups excluding carboxylic acids is 2. The van der Waals surface area contributed by atoms with Crippen LogP contribution in [0, 0.1) is 11.8 Å². The zero-order valence-electron chi connectivity index (χ0n) is 16.3. The van der Waals surface area contributed by atoms with Gasteiger partial charge < -0.3 is 19.7 Å². The van der Waals surface area contributed by atoms with Crippen molar-refractivity contribution in [1.29, 1.82) is 0 Å². The number of esters is 2. The molecule has 2 aliphatic carbocycles. The highest BCUT2D eigenvalue weighted by molar-refractivity contribution is 5.70. The van der Waals surface area contributed by atoms with Crippen LogP contribution < -0.4 is 0 Å². The van der Waals surface area contributed by atoms with Crippen molar-refractivity contribution in [3.8, 4) is 0 Å². The van der Waals surface area contributed by atoms with E-state index in [0.29, 0.717) is 37.9 Å². The van der Waals surface area contributed by atoms with Crippen LogP contribution in [0.5, 0.6) is 0 Å². The van der Waals surface area contributed by atoms with E-state index in [1.165, 1.54) is 0 Å². The normalized spacial score (nSPS) is 28.5. The fourth-order valence-electron chi connectivity index (χ4n) is 3.81. The van der Waals surface area contributed by atoms with E-state index in [9.17, 15) is 19.8 Å². The molecule has 0 amide bonds. The molecule has 0 aromatic rings. The van der Waals surface area contributed by atoms with E-state index in [4.69, 9.17) is 9.47 Å². The molecule has 0 heterocycles. The Kier molecular flexibility index (Phi) is 11.5. The molecular formula is C20H36O6. The molecule has 0 spiro atoms. The molecule has 2 rings (SSSR count). The predicted molar refractivity (Wildman–Crippen MR) is 98.4 cm³/mol. The summed E-state index contributed by atoms with van der Waals surface area (Å²) in [6, 6.07) is 0. The van der Waals surface area contributed by atoms with Crippen molar-refractivity contribution in [2.75, 3.05) is 13.2 Å². The van der Waals surface area contributed by atoms with Gasteiger partial charge in [-0.3, -0.25) is 9.59 Å². The van der Waals surface area contributed by atoms with Gasteiger partial charge in [0.25, 0.3) is 0 Å². The second-order valence-corrected chi connectivity index (χ2v) is 7.39. The van der Waals surface area contributed by atoms with E-state index in [-0.39, 0.29) is 24.1 Å². The van der Waals surface area contributed by atoms with Crippen molar-refractivity contribution >= 4 is 11.9 Å². The van der Waals surface area contributed by atoms with Gasteiger partial charge in [-0.05, 0) is 64.2 Å². The van der Waals surface area contributed by atoms with E-state index in [0.717, 1.165) is 51.4 Å². The van der Waals surface area contributed by atoms with Gasteiger partial charge in [0.1, 0.15) is 0 Å². The number of ether oxygens (including phenoxy) is 2. The number of hydrogen-bond donors (Lipinski definition) is 2. The second kappa shape index (κ2) is 13.1. The Hall–Kier alpha value is -1.14. The van der Waals surface area contributed by atoms with E-state index in [1.807, 2.05) is 13.8 Å². The molecular weight excluding hydrogens is 336 g/mol. The van der Waals surface area contributed by atoms with E-state index in [2.05, 4.69) is 0 Å². The van der Waals surface area contributed by atoms with E-state index >= 15 is 0 Å². The minimum atomic E-state index is -0.201. The van der Waals surface area contributed by atoms with Crippen LogP contribution in [0.3, 0.4) is 0 Å². The van der Waals surface area contributed by atoms with E-state index < -0.39 is 0 Å². The van der Waals surface area contributed by atoms with Crippen molar-refractivity contribution in [1.82, 2.24) is 0 Å². The molecule has 0 radical (unpaired) electrons. The third-order valence-corrected chi connectivity index (χ3v) is 5.03. The Bertz CT molecular complexity index is 373. The molecule has 0 aromatic carbocycles. The van der Waals surface area contributed by atoms with Gasteiger partial charge in [0.05, 0.1) is 25.4 Å². The molecule has 6 nitrogen and oxygen atoms in total. The molecule has 26 heavy (non-hydrogen) atoms. The number of carbonyl (C=O) groups is 2. The number of aliphatic hydroxyl groups excluding tert-OH is 2. The Morgan fingerprint density at radius 1 is 0.769 bits per heavy atom. The summed E-state index contributed by atoms with van der Waals surface area (Å²) >= 11 is 0. The number of aliphatic hydroxyl groups is 2. The monoisotopic (exact) mass is 372 g/mol. The van der Waals surface area contributed by atoms with Crippen molar-refractivity contribution in [3.63, 3.8) is 0 Å². The summed E-state index contributed by atoms with van der Waals surface area (Å²) in [5, 5.41) is 18.7. The lowest BCUT2D eigenvalue weighted by atomic mass is 9.85. The van der Waals surface area contributed by atoms with Crippen LogP contribution in [0.4, 0.5) is 0 Å². The van der Waals surface area contributed by atoms with E-state index in [1.54, 1.807) is 0 Å². The molecule has 6 heteroatoms. The predicted octanol–water partition coefficient (Wildman–Crippen LogP) is 2.98. The first-order chi connectivity index (χ1) is 12.4. The van der Waals surface area contributed by atoms with Crippen molar-refractivity contribution in [3.05, 3.63) is 0 Å². The first kappa shape index (κ1) is 22.9. The molecule has 0 bridgehead atoms. The maximum Gasteiger partial charge on any atom is 0.306 e. The smallest absolute Gasteiger partial charge is 0.306 e. The number of rotatable bonds is 6. The molecule has 0 aromatic heterocycles. The standard InChI is InChI=1S/2C10H18O3/c2*1-2-13-10(12)7-8-4-3-5-9(11)6-8/h2*8-9,11H,2-7H2,1H3/t8-,9+;8-,9-/m00/s1. The topological polar surface area (TPSA) is 93.1 Å². The maximum atomic E-state index is 11.1. The molecule has 0 unspecified atom stereocenters. The fraction of sp³-hybridized carbons (Fsp3) is 0.900. The SMILES string of the molecule is CCOC(=O)C[C@H]1CCC[C@@H](O)C1.CCOC(=O)C[C@H]1CCC[C@H](O)C1. The van der Waals surface area contributed by atoms with Crippen LogP contribution >= 0.6 is 0 Å². The summed E-state index contributed by atoms with van der Waals surface area (Å²) in [6.45, 7) is 4.53. The summed E-state index contributed by atoms with van der Waals surface area (Å²) in [4.78, 5) is 22.2. The number of hydrogen-bond acceptors (Lipinski definition) is 6. The van der Waals surface area contributed by atoms with Crippen LogP contribution in [-0.4, -0.2) is 47.6 Å². The zero-order valence-corrected chi connectivity index (χ0v) is 16.3. The first-order valence-electron chi connectivity index (χ1n) is 10.1. The van der Waals surface area contributed by atoms with Gasteiger partial charge in [0, 0.05) is 12.8 Å². The van der Waals surface area contributed by atoms with Gasteiger partial charge in [-0.2, -0.15) is 0 Å². The Labute approximate surface area is 157 Å². The molecule has 152 valence electrons. The van der Waals surface area contributed by atoms with Gasteiger partial charge in [-0.15, -0.1) is 0 Å². The summed E-state index contributed by atoms with van der Waals surface area (Å²) in [5.74, 6) is 0.425. The van der Waals surface area contributed by atoms with Gasteiger partial charge in [-0.1, -0.05) is 12.8 Å². The third kappa shape index (κ3) is 10.1. The van der Waals surface area contributed by atoms with Gasteiger partial charge in [0.2, 0.25) is 0 Å². The van der Waals surface area contributed by atoms with Gasteiger partial charge in [-0.25, -0.2) is 0 Å². The summed E-state index contributed by atoms with van der Waals surface area (Å²) < 4.78 is 9.72. The maximum absolute atomic E-state index is 11.1. The van der Waals surface area contributed by atoms with Crippen LogP contribution in [0.1, 0.15) is 78.1 Å². The highest BCUT2D eigenvalue weighted by Gasteiger charge is 2.23. The Morgan fingerprint density at radius 3 is 1.46 bits per heavy atom. The van der Waals surface area contributed by atoms with Crippen LogP contribution in [0.25, 0.3) is 0 Å². The van der Waals surface area contributed by atoms with Crippen molar-refractivity contribution < 1.29 is 29.3 Å². The molecule has 2 fully saturated rings. The fourth-order valence-corrected chi connectivity index (χ4v) is 3.81.